The van der Waals surface area contributed by atoms with Gasteiger partial charge in [0.1, 0.15) is 5.75 Å². The van der Waals surface area contributed by atoms with Crippen LogP contribution in [0, 0.1) is 6.92 Å². The zero-order valence-corrected chi connectivity index (χ0v) is 16.6. The SMILES string of the molecule is COc1ccc(Cl)cc1/C=C/C(=O)NCCNS(=O)(=O)c1ccc(C)cc1. The quantitative estimate of drug-likeness (QED) is 0.519. The lowest BCUT2D eigenvalue weighted by atomic mass is 10.2. The second-order valence-electron chi connectivity index (χ2n) is 5.72. The highest BCUT2D eigenvalue weighted by Crippen LogP contribution is 2.23. The third-order valence-electron chi connectivity index (χ3n) is 3.65. The molecule has 6 nitrogen and oxygen atoms in total. The van der Waals surface area contributed by atoms with Crippen molar-refractivity contribution in [2.75, 3.05) is 20.2 Å². The molecule has 0 atom stereocenters. The van der Waals surface area contributed by atoms with E-state index in [-0.39, 0.29) is 23.9 Å². The van der Waals surface area contributed by atoms with Crippen LogP contribution in [0.1, 0.15) is 11.1 Å². The second-order valence-corrected chi connectivity index (χ2v) is 7.92. The van der Waals surface area contributed by atoms with Crippen molar-refractivity contribution in [2.45, 2.75) is 11.8 Å². The van der Waals surface area contributed by atoms with E-state index in [2.05, 4.69) is 10.0 Å². The Balaban J connectivity index is 1.84. The van der Waals surface area contributed by atoms with E-state index in [1.54, 1.807) is 36.4 Å². The zero-order chi connectivity index (χ0) is 19.9. The molecule has 0 heterocycles. The Morgan fingerprint density at radius 3 is 2.52 bits per heavy atom. The first-order valence-electron chi connectivity index (χ1n) is 8.17. The van der Waals surface area contributed by atoms with Gasteiger partial charge in [0, 0.05) is 29.8 Å². The molecule has 27 heavy (non-hydrogen) atoms. The van der Waals surface area contributed by atoms with Gasteiger partial charge in [-0.25, -0.2) is 13.1 Å². The van der Waals surface area contributed by atoms with Crippen molar-refractivity contribution in [3.63, 3.8) is 0 Å². The summed E-state index contributed by atoms with van der Waals surface area (Å²) in [4.78, 5) is 12.1. The van der Waals surface area contributed by atoms with E-state index >= 15 is 0 Å². The normalized spacial score (nSPS) is 11.5. The number of benzene rings is 2. The first-order chi connectivity index (χ1) is 12.8. The molecule has 0 saturated carbocycles. The number of sulfonamides is 1. The summed E-state index contributed by atoms with van der Waals surface area (Å²) in [7, 11) is -2.07. The van der Waals surface area contributed by atoms with E-state index in [0.717, 1.165) is 5.56 Å². The molecule has 0 aliphatic carbocycles. The van der Waals surface area contributed by atoms with Crippen LogP contribution in [-0.4, -0.2) is 34.5 Å². The summed E-state index contributed by atoms with van der Waals surface area (Å²) in [6, 6.07) is 11.6. The van der Waals surface area contributed by atoms with Crippen molar-refractivity contribution >= 4 is 33.6 Å². The summed E-state index contributed by atoms with van der Waals surface area (Å²) >= 11 is 5.94. The van der Waals surface area contributed by atoms with Crippen LogP contribution < -0.4 is 14.8 Å². The Morgan fingerprint density at radius 2 is 1.85 bits per heavy atom. The van der Waals surface area contributed by atoms with Crippen LogP contribution in [0.15, 0.2) is 53.4 Å². The fraction of sp³-hybridized carbons (Fsp3) is 0.211. The number of rotatable bonds is 8. The molecule has 0 aromatic heterocycles. The number of hydrogen-bond donors (Lipinski definition) is 2. The first kappa shape index (κ1) is 21.0. The lowest BCUT2D eigenvalue weighted by molar-refractivity contribution is -0.116. The minimum atomic E-state index is -3.59. The highest BCUT2D eigenvalue weighted by atomic mass is 35.5. The second kappa shape index (κ2) is 9.55. The molecule has 0 fully saturated rings. The van der Waals surface area contributed by atoms with Gasteiger partial charge < -0.3 is 10.1 Å². The van der Waals surface area contributed by atoms with Crippen LogP contribution in [0.3, 0.4) is 0 Å². The predicted octanol–water partition coefficient (Wildman–Crippen LogP) is 2.76. The zero-order valence-electron chi connectivity index (χ0n) is 15.0. The van der Waals surface area contributed by atoms with Gasteiger partial charge in [0.25, 0.3) is 0 Å². The smallest absolute Gasteiger partial charge is 0.244 e. The molecule has 2 N–H and O–H groups in total. The van der Waals surface area contributed by atoms with Gasteiger partial charge in [-0.1, -0.05) is 29.3 Å². The summed E-state index contributed by atoms with van der Waals surface area (Å²) in [6.45, 7) is 2.11. The average Bonchev–Trinajstić information content (AvgIpc) is 2.64. The Bertz CT molecular complexity index is 925. The van der Waals surface area contributed by atoms with Crippen molar-refractivity contribution in [1.82, 2.24) is 10.0 Å². The molecule has 0 unspecified atom stereocenters. The largest absolute Gasteiger partial charge is 0.496 e. The van der Waals surface area contributed by atoms with Gasteiger partial charge in [-0.15, -0.1) is 0 Å². The van der Waals surface area contributed by atoms with Crippen molar-refractivity contribution in [3.05, 3.63) is 64.7 Å². The minimum Gasteiger partial charge on any atom is -0.496 e. The number of carbonyl (C=O) groups is 1. The predicted molar refractivity (Wildman–Crippen MR) is 106 cm³/mol. The van der Waals surface area contributed by atoms with E-state index in [4.69, 9.17) is 16.3 Å². The van der Waals surface area contributed by atoms with Crippen LogP contribution >= 0.6 is 11.6 Å². The molecular weight excluding hydrogens is 388 g/mol. The van der Waals surface area contributed by atoms with Gasteiger partial charge in [-0.05, 0) is 43.3 Å². The van der Waals surface area contributed by atoms with E-state index in [1.807, 2.05) is 6.92 Å². The lowest BCUT2D eigenvalue weighted by Gasteiger charge is -2.08. The van der Waals surface area contributed by atoms with Crippen molar-refractivity contribution in [3.8, 4) is 5.75 Å². The number of amides is 1. The topological polar surface area (TPSA) is 84.5 Å². The monoisotopic (exact) mass is 408 g/mol. The molecule has 0 bridgehead atoms. The third kappa shape index (κ3) is 6.39. The number of carbonyl (C=O) groups excluding carboxylic acids is 1. The molecule has 0 aliphatic rings. The molecule has 0 saturated heterocycles. The average molecular weight is 409 g/mol. The molecule has 144 valence electrons. The van der Waals surface area contributed by atoms with Crippen molar-refractivity contribution in [1.29, 1.82) is 0 Å². The molecule has 8 heteroatoms. The molecule has 0 radical (unpaired) electrons. The van der Waals surface area contributed by atoms with Crippen LogP contribution in [0.25, 0.3) is 6.08 Å². The highest BCUT2D eigenvalue weighted by Gasteiger charge is 2.12. The maximum absolute atomic E-state index is 12.1. The Kier molecular flexibility index (Phi) is 7.41. The number of hydrogen-bond acceptors (Lipinski definition) is 4. The van der Waals surface area contributed by atoms with Gasteiger partial charge >= 0.3 is 0 Å². The molecule has 2 aromatic rings. The minimum absolute atomic E-state index is 0.0796. The number of ether oxygens (including phenoxy) is 1. The van der Waals surface area contributed by atoms with Gasteiger partial charge in [0.15, 0.2) is 0 Å². The van der Waals surface area contributed by atoms with Crippen LogP contribution in [-0.2, 0) is 14.8 Å². The van der Waals surface area contributed by atoms with Crippen LogP contribution in [0.5, 0.6) is 5.75 Å². The van der Waals surface area contributed by atoms with E-state index in [1.165, 1.54) is 25.3 Å². The molecular formula is C19H21ClN2O4S. The summed E-state index contributed by atoms with van der Waals surface area (Å²) in [5.74, 6) is 0.237. The molecule has 0 aliphatic heterocycles. The maximum Gasteiger partial charge on any atom is 0.244 e. The number of methoxy groups -OCH3 is 1. The summed E-state index contributed by atoms with van der Waals surface area (Å²) in [6.07, 6.45) is 2.92. The van der Waals surface area contributed by atoms with E-state index in [0.29, 0.717) is 16.3 Å². The third-order valence-corrected chi connectivity index (χ3v) is 5.37. The molecule has 2 aromatic carbocycles. The molecule has 0 spiro atoms. The standard InChI is InChI=1S/C19H21ClN2O4S/c1-14-3-7-17(8-4-14)27(24,25)22-12-11-21-19(23)10-5-15-13-16(20)6-9-18(15)26-2/h3-10,13,22H,11-12H2,1-2H3,(H,21,23)/b10-5+. The van der Waals surface area contributed by atoms with Crippen molar-refractivity contribution in [2.24, 2.45) is 0 Å². The number of aryl methyl sites for hydroxylation is 1. The fourth-order valence-electron chi connectivity index (χ4n) is 2.23. The Morgan fingerprint density at radius 1 is 1.15 bits per heavy atom. The number of nitrogens with one attached hydrogen (secondary N) is 2. The van der Waals surface area contributed by atoms with Crippen LogP contribution in [0.2, 0.25) is 5.02 Å². The van der Waals surface area contributed by atoms with Gasteiger partial charge in [0.05, 0.1) is 12.0 Å². The van der Waals surface area contributed by atoms with Gasteiger partial charge in [0.2, 0.25) is 15.9 Å². The van der Waals surface area contributed by atoms with Crippen LogP contribution in [0.4, 0.5) is 0 Å². The molecule has 1 amide bonds. The number of halogens is 1. The summed E-state index contributed by atoms with van der Waals surface area (Å²) in [5, 5.41) is 3.14. The Labute approximate surface area is 164 Å². The lowest BCUT2D eigenvalue weighted by Crippen LogP contribution is -2.34. The fourth-order valence-corrected chi connectivity index (χ4v) is 3.44. The molecule has 2 rings (SSSR count). The van der Waals surface area contributed by atoms with Crippen molar-refractivity contribution < 1.29 is 17.9 Å². The van der Waals surface area contributed by atoms with E-state index in [9.17, 15) is 13.2 Å². The van der Waals surface area contributed by atoms with Gasteiger partial charge in [-0.2, -0.15) is 0 Å². The first-order valence-corrected chi connectivity index (χ1v) is 10.0. The summed E-state index contributed by atoms with van der Waals surface area (Å²) in [5.41, 5.74) is 1.64. The highest BCUT2D eigenvalue weighted by molar-refractivity contribution is 7.89. The Hall–Kier alpha value is -2.35. The maximum atomic E-state index is 12.1. The van der Waals surface area contributed by atoms with E-state index < -0.39 is 10.0 Å². The van der Waals surface area contributed by atoms with Gasteiger partial charge in [-0.3, -0.25) is 4.79 Å². The summed E-state index contributed by atoms with van der Waals surface area (Å²) < 4.78 is 31.9.